The van der Waals surface area contributed by atoms with Crippen molar-refractivity contribution in [2.45, 2.75) is 40.3 Å². The third kappa shape index (κ3) is 3.20. The Bertz CT molecular complexity index is 616. The van der Waals surface area contributed by atoms with Crippen molar-refractivity contribution in [3.8, 4) is 0 Å². The number of rotatable bonds is 5. The van der Waals surface area contributed by atoms with Crippen LogP contribution in [0, 0.1) is 17.4 Å². The molecule has 0 unspecified atom stereocenters. The van der Waals surface area contributed by atoms with E-state index in [1.165, 1.54) is 0 Å². The van der Waals surface area contributed by atoms with Crippen LogP contribution in [0.5, 0.6) is 0 Å². The van der Waals surface area contributed by atoms with Crippen LogP contribution in [-0.4, -0.2) is 25.5 Å². The van der Waals surface area contributed by atoms with Crippen molar-refractivity contribution in [1.29, 1.82) is 0 Å². The van der Waals surface area contributed by atoms with E-state index in [1.807, 2.05) is 36.3 Å². The molecule has 0 aliphatic heterocycles. The van der Waals surface area contributed by atoms with Gasteiger partial charge in [0.05, 0.1) is 33.9 Å². The number of carbonyl (C=O) groups is 1. The molecule has 20 heavy (non-hydrogen) atoms. The predicted molar refractivity (Wildman–Crippen MR) is 85.6 cm³/mol. The third-order valence-electron chi connectivity index (χ3n) is 3.27. The Morgan fingerprint density at radius 3 is 2.50 bits per heavy atom. The van der Waals surface area contributed by atoms with Gasteiger partial charge < -0.3 is 5.32 Å². The van der Waals surface area contributed by atoms with Gasteiger partial charge in [-0.2, -0.15) is 10.2 Å². The zero-order valence-corrected chi connectivity index (χ0v) is 14.0. The Kier molecular flexibility index (Phi) is 4.79. The molecule has 0 bridgehead atoms. The summed E-state index contributed by atoms with van der Waals surface area (Å²) in [6, 6.07) is 0. The number of halogens is 1. The van der Waals surface area contributed by atoms with Gasteiger partial charge in [-0.1, -0.05) is 0 Å². The smallest absolute Gasteiger partial charge is 0.226 e. The normalized spacial score (nSPS) is 10.8. The van der Waals surface area contributed by atoms with E-state index in [9.17, 15) is 4.79 Å². The maximum absolute atomic E-state index is 12.0. The lowest BCUT2D eigenvalue weighted by atomic mass is 10.3. The summed E-state index contributed by atoms with van der Waals surface area (Å²) >= 11 is 2.24. The van der Waals surface area contributed by atoms with Crippen LogP contribution in [0.25, 0.3) is 0 Å². The lowest BCUT2D eigenvalue weighted by Crippen LogP contribution is -2.16. The summed E-state index contributed by atoms with van der Waals surface area (Å²) in [4.78, 5) is 12.0. The van der Waals surface area contributed by atoms with E-state index in [2.05, 4.69) is 38.1 Å². The van der Waals surface area contributed by atoms with Crippen LogP contribution < -0.4 is 5.32 Å². The average molecular weight is 387 g/mol. The Morgan fingerprint density at radius 2 is 1.95 bits per heavy atom. The van der Waals surface area contributed by atoms with Crippen molar-refractivity contribution >= 4 is 34.2 Å². The van der Waals surface area contributed by atoms with Crippen molar-refractivity contribution in [2.24, 2.45) is 0 Å². The molecule has 0 aliphatic rings. The Hall–Kier alpha value is -1.38. The molecular formula is C13H18IN5O. The van der Waals surface area contributed by atoms with Crippen LogP contribution in [0.1, 0.15) is 24.7 Å². The van der Waals surface area contributed by atoms with Crippen molar-refractivity contribution in [3.05, 3.63) is 27.4 Å². The van der Waals surface area contributed by atoms with Gasteiger partial charge in [0.1, 0.15) is 0 Å². The van der Waals surface area contributed by atoms with Gasteiger partial charge in [0, 0.05) is 18.7 Å². The minimum Gasteiger partial charge on any atom is -0.323 e. The minimum atomic E-state index is -0.0198. The topological polar surface area (TPSA) is 64.7 Å². The monoisotopic (exact) mass is 387 g/mol. The first-order chi connectivity index (χ1) is 9.52. The summed E-state index contributed by atoms with van der Waals surface area (Å²) in [5.74, 6) is -0.0198. The number of hydrogen-bond donors (Lipinski definition) is 1. The Labute approximate surface area is 131 Å². The zero-order chi connectivity index (χ0) is 14.7. The van der Waals surface area contributed by atoms with Gasteiger partial charge in [-0.15, -0.1) is 0 Å². The molecular weight excluding hydrogens is 369 g/mol. The number of nitrogens with one attached hydrogen (secondary N) is 1. The number of amides is 1. The van der Waals surface area contributed by atoms with Crippen molar-refractivity contribution in [2.75, 3.05) is 5.32 Å². The molecule has 0 saturated heterocycles. The van der Waals surface area contributed by atoms with E-state index in [0.717, 1.165) is 27.2 Å². The van der Waals surface area contributed by atoms with E-state index < -0.39 is 0 Å². The highest BCUT2D eigenvalue weighted by molar-refractivity contribution is 14.1. The standard InChI is InChI=1S/C13H18IN5O/c1-4-18-10(3)12(8-16-18)17-13(20)5-6-19-9(2)11(14)7-15-19/h7-8H,4-6H2,1-3H3,(H,17,20). The number of nitrogens with zero attached hydrogens (tertiary/aromatic N) is 4. The minimum absolute atomic E-state index is 0.0198. The number of aryl methyl sites for hydroxylation is 2. The number of carbonyl (C=O) groups excluding carboxylic acids is 1. The summed E-state index contributed by atoms with van der Waals surface area (Å²) < 4.78 is 4.82. The molecule has 1 N–H and O–H groups in total. The molecule has 1 amide bonds. The fourth-order valence-electron chi connectivity index (χ4n) is 1.96. The molecule has 6 nitrogen and oxygen atoms in total. The average Bonchev–Trinajstić information content (AvgIpc) is 2.93. The van der Waals surface area contributed by atoms with Crippen LogP contribution >= 0.6 is 22.6 Å². The molecule has 0 fully saturated rings. The molecule has 0 saturated carbocycles. The second kappa shape index (κ2) is 6.38. The number of hydrogen-bond acceptors (Lipinski definition) is 3. The predicted octanol–water partition coefficient (Wildman–Crippen LogP) is 2.35. The highest BCUT2D eigenvalue weighted by atomic mass is 127. The highest BCUT2D eigenvalue weighted by Crippen LogP contribution is 2.14. The molecule has 2 heterocycles. The molecule has 0 radical (unpaired) electrons. The number of anilines is 1. The second-order valence-electron chi connectivity index (χ2n) is 4.56. The van der Waals surface area contributed by atoms with Crippen LogP contribution in [0.4, 0.5) is 5.69 Å². The van der Waals surface area contributed by atoms with Gasteiger partial charge in [-0.05, 0) is 43.4 Å². The fourth-order valence-corrected chi connectivity index (χ4v) is 2.36. The maximum Gasteiger partial charge on any atom is 0.226 e. The Morgan fingerprint density at radius 1 is 1.25 bits per heavy atom. The summed E-state index contributed by atoms with van der Waals surface area (Å²) in [6.45, 7) is 7.36. The van der Waals surface area contributed by atoms with Crippen molar-refractivity contribution < 1.29 is 4.79 Å². The first kappa shape index (κ1) is 15.0. The Balaban J connectivity index is 1.92. The molecule has 108 valence electrons. The summed E-state index contributed by atoms with van der Waals surface area (Å²) in [5.41, 5.74) is 2.85. The van der Waals surface area contributed by atoms with Crippen LogP contribution in [0.15, 0.2) is 12.4 Å². The maximum atomic E-state index is 12.0. The number of aromatic nitrogens is 4. The van der Waals surface area contributed by atoms with E-state index in [-0.39, 0.29) is 5.91 Å². The summed E-state index contributed by atoms with van der Waals surface area (Å²) in [7, 11) is 0. The molecule has 2 aromatic rings. The molecule has 0 aliphatic carbocycles. The van der Waals surface area contributed by atoms with Crippen molar-refractivity contribution in [3.63, 3.8) is 0 Å². The van der Waals surface area contributed by atoms with Crippen LogP contribution in [0.3, 0.4) is 0 Å². The van der Waals surface area contributed by atoms with Gasteiger partial charge in [0.15, 0.2) is 0 Å². The lowest BCUT2D eigenvalue weighted by molar-refractivity contribution is -0.116. The van der Waals surface area contributed by atoms with E-state index in [4.69, 9.17) is 0 Å². The molecule has 2 rings (SSSR count). The third-order valence-corrected chi connectivity index (χ3v) is 4.33. The van der Waals surface area contributed by atoms with Gasteiger partial charge in [-0.3, -0.25) is 14.2 Å². The molecule has 2 aromatic heterocycles. The molecule has 7 heteroatoms. The van der Waals surface area contributed by atoms with Crippen LogP contribution in [-0.2, 0) is 17.9 Å². The molecule has 0 aromatic carbocycles. The van der Waals surface area contributed by atoms with E-state index in [0.29, 0.717) is 13.0 Å². The SMILES string of the molecule is CCn1ncc(NC(=O)CCn2ncc(I)c2C)c1C. The molecule has 0 atom stereocenters. The lowest BCUT2D eigenvalue weighted by Gasteiger charge is -2.06. The first-order valence-corrected chi connectivity index (χ1v) is 7.61. The molecule has 0 spiro atoms. The van der Waals surface area contributed by atoms with Gasteiger partial charge in [-0.25, -0.2) is 0 Å². The fraction of sp³-hybridized carbons (Fsp3) is 0.462. The van der Waals surface area contributed by atoms with Crippen LogP contribution in [0.2, 0.25) is 0 Å². The summed E-state index contributed by atoms with van der Waals surface area (Å²) in [5, 5.41) is 11.3. The zero-order valence-electron chi connectivity index (χ0n) is 11.9. The van der Waals surface area contributed by atoms with E-state index in [1.54, 1.807) is 6.20 Å². The highest BCUT2D eigenvalue weighted by Gasteiger charge is 2.10. The second-order valence-corrected chi connectivity index (χ2v) is 5.72. The van der Waals surface area contributed by atoms with Crippen molar-refractivity contribution in [1.82, 2.24) is 19.6 Å². The first-order valence-electron chi connectivity index (χ1n) is 6.53. The van der Waals surface area contributed by atoms with E-state index >= 15 is 0 Å². The van der Waals surface area contributed by atoms with Gasteiger partial charge >= 0.3 is 0 Å². The van der Waals surface area contributed by atoms with Gasteiger partial charge in [0.2, 0.25) is 5.91 Å². The van der Waals surface area contributed by atoms with Gasteiger partial charge in [0.25, 0.3) is 0 Å². The summed E-state index contributed by atoms with van der Waals surface area (Å²) in [6.07, 6.45) is 3.90. The quantitative estimate of drug-likeness (QED) is 0.802. The largest absolute Gasteiger partial charge is 0.323 e.